The summed E-state index contributed by atoms with van der Waals surface area (Å²) in [5, 5.41) is 0. The van der Waals surface area contributed by atoms with Gasteiger partial charge >= 0.3 is 0 Å². The fourth-order valence-corrected chi connectivity index (χ4v) is 2.89. The van der Waals surface area contributed by atoms with Crippen molar-refractivity contribution < 1.29 is 4.74 Å². The molecule has 0 amide bonds. The predicted octanol–water partition coefficient (Wildman–Crippen LogP) is 3.97. The third-order valence-corrected chi connectivity index (χ3v) is 4.36. The molecule has 0 saturated heterocycles. The highest BCUT2D eigenvalue weighted by molar-refractivity contribution is 9.10. The Morgan fingerprint density at radius 1 is 1.21 bits per heavy atom. The quantitative estimate of drug-likeness (QED) is 0.929. The van der Waals surface area contributed by atoms with Gasteiger partial charge < -0.3 is 10.5 Å². The Kier molecular flexibility index (Phi) is 3.58. The number of hydrogen-bond donors (Lipinski definition) is 1. The number of hydrogen-bond acceptors (Lipinski definition) is 2. The maximum atomic E-state index is 6.03. The van der Waals surface area contributed by atoms with E-state index in [1.807, 2.05) is 24.3 Å². The molecule has 1 atom stereocenters. The lowest BCUT2D eigenvalue weighted by Gasteiger charge is -2.10. The number of halogens is 1. The van der Waals surface area contributed by atoms with Crippen molar-refractivity contribution in [3.8, 4) is 5.75 Å². The van der Waals surface area contributed by atoms with Crippen molar-refractivity contribution in [2.45, 2.75) is 25.5 Å². The zero-order valence-corrected chi connectivity index (χ0v) is 12.2. The number of benzene rings is 2. The van der Waals surface area contributed by atoms with Gasteiger partial charge in [-0.05, 0) is 42.2 Å². The molecule has 1 aliphatic carbocycles. The molecule has 0 radical (unpaired) electrons. The van der Waals surface area contributed by atoms with E-state index in [4.69, 9.17) is 10.5 Å². The van der Waals surface area contributed by atoms with Crippen molar-refractivity contribution in [1.29, 1.82) is 0 Å². The maximum Gasteiger partial charge on any atom is 0.120 e. The van der Waals surface area contributed by atoms with Crippen LogP contribution in [-0.4, -0.2) is 0 Å². The molecule has 0 aliphatic heterocycles. The van der Waals surface area contributed by atoms with Crippen LogP contribution in [-0.2, 0) is 13.0 Å². The van der Waals surface area contributed by atoms with Gasteiger partial charge in [0.15, 0.2) is 0 Å². The molecule has 98 valence electrons. The number of rotatable bonds is 3. The van der Waals surface area contributed by atoms with Gasteiger partial charge in [0.2, 0.25) is 0 Å². The molecule has 1 aliphatic rings. The summed E-state index contributed by atoms with van der Waals surface area (Å²) in [6, 6.07) is 14.6. The Labute approximate surface area is 121 Å². The monoisotopic (exact) mass is 317 g/mol. The van der Waals surface area contributed by atoms with Crippen molar-refractivity contribution in [3.63, 3.8) is 0 Å². The van der Waals surface area contributed by atoms with E-state index in [0.717, 1.165) is 28.6 Å². The first-order valence-corrected chi connectivity index (χ1v) is 7.28. The van der Waals surface area contributed by atoms with Crippen LogP contribution in [0.15, 0.2) is 46.9 Å². The minimum atomic E-state index is 0.201. The van der Waals surface area contributed by atoms with Gasteiger partial charge in [0, 0.05) is 16.1 Å². The molecule has 19 heavy (non-hydrogen) atoms. The Morgan fingerprint density at radius 3 is 2.89 bits per heavy atom. The Morgan fingerprint density at radius 2 is 2.05 bits per heavy atom. The van der Waals surface area contributed by atoms with E-state index in [0.29, 0.717) is 6.61 Å². The van der Waals surface area contributed by atoms with E-state index in [2.05, 4.69) is 34.1 Å². The van der Waals surface area contributed by atoms with E-state index >= 15 is 0 Å². The van der Waals surface area contributed by atoms with Crippen molar-refractivity contribution in [2.75, 3.05) is 0 Å². The van der Waals surface area contributed by atoms with Crippen LogP contribution in [0.25, 0.3) is 0 Å². The van der Waals surface area contributed by atoms with E-state index < -0.39 is 0 Å². The topological polar surface area (TPSA) is 35.2 Å². The molecule has 2 aromatic carbocycles. The molecule has 0 bridgehead atoms. The molecule has 3 rings (SSSR count). The van der Waals surface area contributed by atoms with Crippen LogP contribution in [0.1, 0.15) is 29.2 Å². The minimum absolute atomic E-state index is 0.201. The highest BCUT2D eigenvalue weighted by Gasteiger charge is 2.19. The second-order valence-electron chi connectivity index (χ2n) is 4.89. The van der Waals surface area contributed by atoms with Gasteiger partial charge in [-0.15, -0.1) is 0 Å². The summed E-state index contributed by atoms with van der Waals surface area (Å²) in [6.07, 6.45) is 2.10. The largest absolute Gasteiger partial charge is 0.489 e. The second-order valence-corrected chi connectivity index (χ2v) is 5.74. The summed E-state index contributed by atoms with van der Waals surface area (Å²) in [7, 11) is 0. The van der Waals surface area contributed by atoms with Crippen LogP contribution in [0, 0.1) is 0 Å². The van der Waals surface area contributed by atoms with E-state index in [1.54, 1.807) is 0 Å². The summed E-state index contributed by atoms with van der Waals surface area (Å²) >= 11 is 3.53. The minimum Gasteiger partial charge on any atom is -0.489 e. The van der Waals surface area contributed by atoms with Gasteiger partial charge in [-0.25, -0.2) is 0 Å². The molecule has 2 nitrogen and oxygen atoms in total. The second kappa shape index (κ2) is 5.35. The average Bonchev–Trinajstić information content (AvgIpc) is 2.79. The Hall–Kier alpha value is -1.32. The molecular formula is C16H16BrNO. The maximum absolute atomic E-state index is 6.03. The zero-order chi connectivity index (χ0) is 13.2. The summed E-state index contributed by atoms with van der Waals surface area (Å²) in [5.74, 6) is 0.920. The number of nitrogens with two attached hydrogens (primary N) is 1. The van der Waals surface area contributed by atoms with Crippen molar-refractivity contribution >= 4 is 15.9 Å². The summed E-state index contributed by atoms with van der Waals surface area (Å²) in [4.78, 5) is 0. The molecule has 0 aromatic heterocycles. The van der Waals surface area contributed by atoms with Crippen LogP contribution in [0.2, 0.25) is 0 Å². The Bertz CT molecular complexity index is 597. The predicted molar refractivity (Wildman–Crippen MR) is 80.2 cm³/mol. The van der Waals surface area contributed by atoms with Crippen molar-refractivity contribution in [3.05, 3.63) is 63.6 Å². The molecule has 2 N–H and O–H groups in total. The average molecular weight is 318 g/mol. The summed E-state index contributed by atoms with van der Waals surface area (Å²) in [6.45, 7) is 0.576. The van der Waals surface area contributed by atoms with Crippen LogP contribution in [0.3, 0.4) is 0 Å². The van der Waals surface area contributed by atoms with Gasteiger partial charge in [0.25, 0.3) is 0 Å². The standard InChI is InChI=1S/C16H16BrNO/c17-15-4-2-1-3-12(15)10-19-13-6-7-14-11(9-13)5-8-16(14)18/h1-4,6-7,9,16H,5,8,10,18H2/t16-/m1/s1. The van der Waals surface area contributed by atoms with Crippen molar-refractivity contribution in [2.24, 2.45) is 5.73 Å². The van der Waals surface area contributed by atoms with Crippen molar-refractivity contribution in [1.82, 2.24) is 0 Å². The fourth-order valence-electron chi connectivity index (χ4n) is 2.49. The van der Waals surface area contributed by atoms with Gasteiger partial charge in [-0.1, -0.05) is 40.2 Å². The van der Waals surface area contributed by atoms with E-state index in [-0.39, 0.29) is 6.04 Å². The van der Waals surface area contributed by atoms with Gasteiger partial charge in [0.05, 0.1) is 0 Å². The highest BCUT2D eigenvalue weighted by Crippen LogP contribution is 2.32. The Balaban J connectivity index is 1.73. The molecule has 0 spiro atoms. The van der Waals surface area contributed by atoms with Crippen LogP contribution < -0.4 is 10.5 Å². The molecule has 2 aromatic rings. The lowest BCUT2D eigenvalue weighted by atomic mass is 10.1. The summed E-state index contributed by atoms with van der Waals surface area (Å²) in [5.41, 5.74) is 9.79. The SMILES string of the molecule is N[C@@H]1CCc2cc(OCc3ccccc3Br)ccc21. The molecule has 0 saturated carbocycles. The molecule has 0 heterocycles. The smallest absolute Gasteiger partial charge is 0.120 e. The van der Waals surface area contributed by atoms with Crippen LogP contribution in [0.4, 0.5) is 0 Å². The van der Waals surface area contributed by atoms with Crippen LogP contribution >= 0.6 is 15.9 Å². The highest BCUT2D eigenvalue weighted by atomic mass is 79.9. The number of fused-ring (bicyclic) bond motifs is 1. The summed E-state index contributed by atoms with van der Waals surface area (Å²) < 4.78 is 6.94. The zero-order valence-electron chi connectivity index (χ0n) is 10.6. The normalized spacial score (nSPS) is 17.3. The molecule has 0 fully saturated rings. The molecular weight excluding hydrogens is 302 g/mol. The fraction of sp³-hybridized carbons (Fsp3) is 0.250. The molecule has 3 heteroatoms. The lowest BCUT2D eigenvalue weighted by Crippen LogP contribution is -2.05. The first-order chi connectivity index (χ1) is 9.24. The number of aryl methyl sites for hydroxylation is 1. The van der Waals surface area contributed by atoms with Gasteiger partial charge in [-0.2, -0.15) is 0 Å². The third kappa shape index (κ3) is 2.67. The van der Waals surface area contributed by atoms with Gasteiger partial charge in [0.1, 0.15) is 12.4 Å². The van der Waals surface area contributed by atoms with E-state index in [9.17, 15) is 0 Å². The van der Waals surface area contributed by atoms with Crippen LogP contribution in [0.5, 0.6) is 5.75 Å². The lowest BCUT2D eigenvalue weighted by molar-refractivity contribution is 0.305. The number of ether oxygens (including phenoxy) is 1. The van der Waals surface area contributed by atoms with E-state index in [1.165, 1.54) is 11.1 Å². The first-order valence-electron chi connectivity index (χ1n) is 6.48. The molecule has 0 unspecified atom stereocenters. The first kappa shape index (κ1) is 12.7. The van der Waals surface area contributed by atoms with Gasteiger partial charge in [-0.3, -0.25) is 0 Å². The third-order valence-electron chi connectivity index (χ3n) is 3.59.